The molecule has 0 aliphatic heterocycles. The van der Waals surface area contributed by atoms with Gasteiger partial charge in [0.25, 0.3) is 0 Å². The fraction of sp³-hybridized carbons (Fsp3) is 0.625. The Labute approximate surface area is 118 Å². The number of aryl methyl sites for hydroxylation is 2. The van der Waals surface area contributed by atoms with Gasteiger partial charge in [-0.25, -0.2) is 9.97 Å². The summed E-state index contributed by atoms with van der Waals surface area (Å²) in [5.74, 6) is 0.865. The third-order valence-corrected chi connectivity index (χ3v) is 5.99. The van der Waals surface area contributed by atoms with Crippen LogP contribution >= 0.6 is 11.3 Å². The first-order valence-electron chi connectivity index (χ1n) is 7.66. The van der Waals surface area contributed by atoms with Crippen molar-refractivity contribution in [1.29, 1.82) is 0 Å². The van der Waals surface area contributed by atoms with E-state index in [2.05, 4.69) is 9.97 Å². The minimum absolute atomic E-state index is 0.865. The van der Waals surface area contributed by atoms with E-state index in [1.54, 1.807) is 16.8 Å². The van der Waals surface area contributed by atoms with Crippen LogP contribution in [0.25, 0.3) is 10.2 Å². The van der Waals surface area contributed by atoms with Gasteiger partial charge in [0.2, 0.25) is 0 Å². The summed E-state index contributed by atoms with van der Waals surface area (Å²) in [4.78, 5) is 12.0. The Morgan fingerprint density at radius 1 is 1.05 bits per heavy atom. The zero-order valence-electron chi connectivity index (χ0n) is 11.3. The lowest BCUT2D eigenvalue weighted by Gasteiger charge is -2.21. The molecule has 0 amide bonds. The quantitative estimate of drug-likeness (QED) is 0.814. The fourth-order valence-electron chi connectivity index (χ4n) is 3.81. The molecule has 1 saturated carbocycles. The van der Waals surface area contributed by atoms with E-state index in [0.29, 0.717) is 0 Å². The fourth-order valence-corrected chi connectivity index (χ4v) is 5.06. The molecule has 2 aromatic heterocycles. The van der Waals surface area contributed by atoms with Crippen molar-refractivity contribution in [3.63, 3.8) is 0 Å². The number of hydrogen-bond acceptors (Lipinski definition) is 3. The van der Waals surface area contributed by atoms with Crippen molar-refractivity contribution >= 4 is 21.6 Å². The molecule has 0 N–H and O–H groups in total. The second-order valence-corrected chi connectivity index (χ2v) is 7.15. The Hall–Kier alpha value is -0.960. The van der Waals surface area contributed by atoms with Crippen LogP contribution in [0.2, 0.25) is 0 Å². The van der Waals surface area contributed by atoms with Gasteiger partial charge in [-0.2, -0.15) is 0 Å². The first kappa shape index (κ1) is 11.8. The van der Waals surface area contributed by atoms with Gasteiger partial charge in [-0.05, 0) is 37.2 Å². The number of rotatable bonds is 2. The molecular formula is C16H20N2S. The van der Waals surface area contributed by atoms with Crippen molar-refractivity contribution in [3.8, 4) is 0 Å². The zero-order chi connectivity index (χ0) is 12.7. The second kappa shape index (κ2) is 4.86. The number of hydrogen-bond donors (Lipinski definition) is 0. The van der Waals surface area contributed by atoms with Crippen LogP contribution in [-0.2, 0) is 19.3 Å². The Kier molecular flexibility index (Phi) is 3.03. The molecule has 0 bridgehead atoms. The maximum atomic E-state index is 4.65. The van der Waals surface area contributed by atoms with Crippen LogP contribution in [0.3, 0.4) is 0 Å². The predicted molar refractivity (Wildman–Crippen MR) is 79.7 cm³/mol. The van der Waals surface area contributed by atoms with Crippen molar-refractivity contribution in [3.05, 3.63) is 22.5 Å². The maximum Gasteiger partial charge on any atom is 0.127 e. The number of nitrogens with zero attached hydrogens (tertiary/aromatic N) is 2. The highest BCUT2D eigenvalue weighted by Gasteiger charge is 2.23. The summed E-state index contributed by atoms with van der Waals surface area (Å²) < 4.78 is 0. The van der Waals surface area contributed by atoms with Gasteiger partial charge in [0.1, 0.15) is 11.2 Å². The summed E-state index contributed by atoms with van der Waals surface area (Å²) in [6.07, 6.45) is 13.9. The number of thiophene rings is 1. The molecule has 0 radical (unpaired) electrons. The third-order valence-electron chi connectivity index (χ3n) is 4.79. The Morgan fingerprint density at radius 3 is 2.84 bits per heavy atom. The Bertz CT molecular complexity index is 596. The summed E-state index contributed by atoms with van der Waals surface area (Å²) >= 11 is 1.91. The molecule has 0 saturated heterocycles. The molecule has 2 aromatic rings. The molecule has 0 unspecified atom stereocenters. The first-order valence-corrected chi connectivity index (χ1v) is 8.47. The lowest BCUT2D eigenvalue weighted by Crippen LogP contribution is -2.10. The number of fused-ring (bicyclic) bond motifs is 3. The van der Waals surface area contributed by atoms with Gasteiger partial charge < -0.3 is 0 Å². The van der Waals surface area contributed by atoms with E-state index in [4.69, 9.17) is 0 Å². The van der Waals surface area contributed by atoms with Gasteiger partial charge in [-0.15, -0.1) is 11.3 Å². The maximum absolute atomic E-state index is 4.65. The lowest BCUT2D eigenvalue weighted by atomic mass is 9.85. The van der Waals surface area contributed by atoms with Crippen LogP contribution in [-0.4, -0.2) is 9.97 Å². The van der Waals surface area contributed by atoms with Crippen molar-refractivity contribution in [1.82, 2.24) is 9.97 Å². The van der Waals surface area contributed by atoms with E-state index < -0.39 is 0 Å². The minimum atomic E-state index is 0.865. The summed E-state index contributed by atoms with van der Waals surface area (Å²) in [7, 11) is 0. The highest BCUT2D eigenvalue weighted by molar-refractivity contribution is 7.18. The van der Waals surface area contributed by atoms with Crippen LogP contribution in [0.15, 0.2) is 6.33 Å². The molecule has 2 heterocycles. The molecule has 2 nitrogen and oxygen atoms in total. The normalized spacial score (nSPS) is 20.0. The van der Waals surface area contributed by atoms with Crippen LogP contribution in [0.4, 0.5) is 0 Å². The molecule has 19 heavy (non-hydrogen) atoms. The summed E-state index contributed by atoms with van der Waals surface area (Å²) in [5.41, 5.74) is 2.93. The van der Waals surface area contributed by atoms with Crippen molar-refractivity contribution in [2.24, 2.45) is 5.92 Å². The topological polar surface area (TPSA) is 25.8 Å². The minimum Gasteiger partial charge on any atom is -0.241 e. The molecule has 1 fully saturated rings. The molecule has 0 atom stereocenters. The molecule has 0 aromatic carbocycles. The molecule has 100 valence electrons. The van der Waals surface area contributed by atoms with Gasteiger partial charge in [0.15, 0.2) is 0 Å². The van der Waals surface area contributed by atoms with Gasteiger partial charge in [0.05, 0.1) is 5.69 Å². The highest BCUT2D eigenvalue weighted by Crippen LogP contribution is 2.38. The van der Waals surface area contributed by atoms with Crippen molar-refractivity contribution < 1.29 is 0 Å². The van der Waals surface area contributed by atoms with E-state index in [0.717, 1.165) is 5.92 Å². The molecular weight excluding hydrogens is 252 g/mol. The smallest absolute Gasteiger partial charge is 0.127 e. The summed E-state index contributed by atoms with van der Waals surface area (Å²) in [5, 5.41) is 1.44. The summed E-state index contributed by atoms with van der Waals surface area (Å²) in [6, 6.07) is 0. The number of aromatic nitrogens is 2. The lowest BCUT2D eigenvalue weighted by molar-refractivity contribution is 0.355. The molecule has 3 heteroatoms. The highest BCUT2D eigenvalue weighted by atomic mass is 32.1. The first-order chi connectivity index (χ1) is 9.42. The SMILES string of the molecule is c1nc(CC2CCCCC2)c2c3c(sc2n1)CCC3. The average molecular weight is 272 g/mol. The Balaban J connectivity index is 1.72. The Morgan fingerprint density at radius 2 is 1.95 bits per heavy atom. The standard InChI is InChI=1S/C16H20N2S/c1-2-5-11(6-3-1)9-13-15-12-7-4-8-14(12)19-16(15)18-10-17-13/h10-11H,1-9H2. The summed E-state index contributed by atoms with van der Waals surface area (Å²) in [6.45, 7) is 0. The largest absolute Gasteiger partial charge is 0.241 e. The predicted octanol–water partition coefficient (Wildman–Crippen LogP) is 4.30. The molecule has 2 aliphatic rings. The van der Waals surface area contributed by atoms with Crippen LogP contribution < -0.4 is 0 Å². The van der Waals surface area contributed by atoms with Crippen LogP contribution in [0.5, 0.6) is 0 Å². The van der Waals surface area contributed by atoms with E-state index in [1.807, 2.05) is 11.3 Å². The van der Waals surface area contributed by atoms with E-state index >= 15 is 0 Å². The van der Waals surface area contributed by atoms with Crippen LogP contribution in [0.1, 0.15) is 54.7 Å². The van der Waals surface area contributed by atoms with Gasteiger partial charge in [0, 0.05) is 10.3 Å². The van der Waals surface area contributed by atoms with Gasteiger partial charge >= 0.3 is 0 Å². The van der Waals surface area contributed by atoms with E-state index in [9.17, 15) is 0 Å². The monoisotopic (exact) mass is 272 g/mol. The molecule has 0 spiro atoms. The van der Waals surface area contributed by atoms with Crippen LogP contribution in [0, 0.1) is 5.92 Å². The average Bonchev–Trinajstić information content (AvgIpc) is 3.00. The van der Waals surface area contributed by atoms with E-state index in [-0.39, 0.29) is 0 Å². The van der Waals surface area contributed by atoms with Crippen molar-refractivity contribution in [2.75, 3.05) is 0 Å². The van der Waals surface area contributed by atoms with Gasteiger partial charge in [-0.1, -0.05) is 32.1 Å². The van der Waals surface area contributed by atoms with E-state index in [1.165, 1.54) is 73.7 Å². The third kappa shape index (κ3) is 2.08. The molecule has 2 aliphatic carbocycles. The zero-order valence-corrected chi connectivity index (χ0v) is 12.1. The molecule has 4 rings (SSSR count). The van der Waals surface area contributed by atoms with Gasteiger partial charge in [-0.3, -0.25) is 0 Å². The second-order valence-electron chi connectivity index (χ2n) is 6.07. The van der Waals surface area contributed by atoms with Crippen molar-refractivity contribution in [2.45, 2.75) is 57.8 Å².